The number of carbonyl (C=O) groups is 1. The fourth-order valence-electron chi connectivity index (χ4n) is 1.13. The second kappa shape index (κ2) is 3.89. The highest BCUT2D eigenvalue weighted by Crippen LogP contribution is 2.09. The molecule has 0 unspecified atom stereocenters. The molecule has 7 nitrogen and oxygen atoms in total. The van der Waals surface area contributed by atoms with Gasteiger partial charge in [-0.05, 0) is 0 Å². The maximum absolute atomic E-state index is 11.2. The SMILES string of the molecule is O=C(O)c1cc(=O)[nH]c(-c2cncnc2)n1. The largest absolute Gasteiger partial charge is 0.477 e. The van der Waals surface area contributed by atoms with Crippen molar-refractivity contribution in [1.82, 2.24) is 19.9 Å². The van der Waals surface area contributed by atoms with Gasteiger partial charge in [0, 0.05) is 18.5 Å². The Morgan fingerprint density at radius 1 is 1.31 bits per heavy atom. The van der Waals surface area contributed by atoms with Gasteiger partial charge in [-0.25, -0.2) is 19.7 Å². The summed E-state index contributed by atoms with van der Waals surface area (Å²) in [6.07, 6.45) is 4.18. The van der Waals surface area contributed by atoms with Gasteiger partial charge in [0.05, 0.1) is 5.56 Å². The zero-order valence-corrected chi connectivity index (χ0v) is 7.91. The summed E-state index contributed by atoms with van der Waals surface area (Å²) < 4.78 is 0. The van der Waals surface area contributed by atoms with E-state index in [0.717, 1.165) is 6.07 Å². The minimum absolute atomic E-state index is 0.130. The van der Waals surface area contributed by atoms with Crippen LogP contribution < -0.4 is 5.56 Å². The fourth-order valence-corrected chi connectivity index (χ4v) is 1.13. The molecule has 0 aromatic carbocycles. The highest BCUT2D eigenvalue weighted by molar-refractivity contribution is 5.85. The van der Waals surface area contributed by atoms with Crippen LogP contribution >= 0.6 is 0 Å². The van der Waals surface area contributed by atoms with E-state index in [0.29, 0.717) is 5.56 Å². The number of aromatic amines is 1. The number of hydrogen-bond donors (Lipinski definition) is 2. The minimum Gasteiger partial charge on any atom is -0.477 e. The van der Waals surface area contributed by atoms with Gasteiger partial charge in [0.1, 0.15) is 12.2 Å². The molecule has 2 N–H and O–H groups in total. The Labute approximate surface area is 88.8 Å². The van der Waals surface area contributed by atoms with Crippen LogP contribution in [0.2, 0.25) is 0 Å². The quantitative estimate of drug-likeness (QED) is 0.729. The number of H-pyrrole nitrogens is 1. The average Bonchev–Trinajstić information content (AvgIpc) is 2.29. The van der Waals surface area contributed by atoms with Crippen LogP contribution in [0.5, 0.6) is 0 Å². The summed E-state index contributed by atoms with van der Waals surface area (Å²) in [5.41, 5.74) is -0.406. The zero-order valence-electron chi connectivity index (χ0n) is 7.91. The number of carboxylic acid groups (broad SMARTS) is 1. The predicted octanol–water partition coefficient (Wildman–Crippen LogP) is -0.0749. The summed E-state index contributed by atoms with van der Waals surface area (Å²) in [5, 5.41) is 8.73. The zero-order chi connectivity index (χ0) is 11.5. The van der Waals surface area contributed by atoms with Crippen LogP contribution in [0.15, 0.2) is 29.6 Å². The van der Waals surface area contributed by atoms with Crippen LogP contribution in [0.1, 0.15) is 10.5 Å². The molecular weight excluding hydrogens is 212 g/mol. The normalized spacial score (nSPS) is 10.0. The number of nitrogens with zero attached hydrogens (tertiary/aromatic N) is 3. The van der Waals surface area contributed by atoms with Crippen molar-refractivity contribution in [2.75, 3.05) is 0 Å². The van der Waals surface area contributed by atoms with Crippen LogP contribution in [0.3, 0.4) is 0 Å². The molecule has 0 saturated heterocycles. The Hall–Kier alpha value is -2.57. The molecule has 80 valence electrons. The van der Waals surface area contributed by atoms with Crippen LogP contribution in [-0.4, -0.2) is 31.0 Å². The molecule has 2 aromatic rings. The molecule has 0 amide bonds. The highest BCUT2D eigenvalue weighted by atomic mass is 16.4. The van der Waals surface area contributed by atoms with Crippen molar-refractivity contribution >= 4 is 5.97 Å². The molecule has 0 aliphatic rings. The van der Waals surface area contributed by atoms with Crippen LogP contribution in [0, 0.1) is 0 Å². The first kappa shape index (κ1) is 9.97. The smallest absolute Gasteiger partial charge is 0.354 e. The number of rotatable bonds is 2. The van der Waals surface area contributed by atoms with Crippen molar-refractivity contribution < 1.29 is 9.90 Å². The molecule has 0 saturated carbocycles. The third-order valence-corrected chi connectivity index (χ3v) is 1.79. The van der Waals surface area contributed by atoms with Gasteiger partial charge in [0.25, 0.3) is 5.56 Å². The van der Waals surface area contributed by atoms with Crippen molar-refractivity contribution in [2.24, 2.45) is 0 Å². The number of hydrogen-bond acceptors (Lipinski definition) is 5. The summed E-state index contributed by atoms with van der Waals surface area (Å²) >= 11 is 0. The van der Waals surface area contributed by atoms with Gasteiger partial charge < -0.3 is 10.1 Å². The average molecular weight is 218 g/mol. The van der Waals surface area contributed by atoms with Gasteiger partial charge in [0.15, 0.2) is 5.69 Å². The van der Waals surface area contributed by atoms with Crippen molar-refractivity contribution in [3.63, 3.8) is 0 Å². The fraction of sp³-hybridized carbons (Fsp3) is 0. The Morgan fingerprint density at radius 2 is 2.00 bits per heavy atom. The Balaban J connectivity index is 2.58. The first-order chi connectivity index (χ1) is 7.66. The van der Waals surface area contributed by atoms with Gasteiger partial charge in [-0.15, -0.1) is 0 Å². The second-order valence-corrected chi connectivity index (χ2v) is 2.91. The van der Waals surface area contributed by atoms with E-state index >= 15 is 0 Å². The van der Waals surface area contributed by atoms with Crippen LogP contribution in [-0.2, 0) is 0 Å². The van der Waals surface area contributed by atoms with Gasteiger partial charge in [-0.3, -0.25) is 4.79 Å². The van der Waals surface area contributed by atoms with Gasteiger partial charge in [-0.2, -0.15) is 0 Å². The number of aromatic nitrogens is 4. The van der Waals surface area contributed by atoms with E-state index < -0.39 is 11.5 Å². The molecule has 0 bridgehead atoms. The predicted molar refractivity (Wildman–Crippen MR) is 52.8 cm³/mol. The van der Waals surface area contributed by atoms with E-state index in [2.05, 4.69) is 19.9 Å². The van der Waals surface area contributed by atoms with Gasteiger partial charge in [-0.1, -0.05) is 0 Å². The summed E-state index contributed by atoms with van der Waals surface area (Å²) in [6.45, 7) is 0. The summed E-state index contributed by atoms with van der Waals surface area (Å²) in [7, 11) is 0. The molecule has 2 aromatic heterocycles. The molecule has 0 atom stereocenters. The topological polar surface area (TPSA) is 109 Å². The molecule has 2 heterocycles. The number of nitrogens with one attached hydrogen (secondary N) is 1. The number of carboxylic acids is 1. The Bertz CT molecular complexity index is 579. The lowest BCUT2D eigenvalue weighted by Gasteiger charge is -1.99. The molecule has 0 aliphatic heterocycles. The summed E-state index contributed by atoms with van der Waals surface area (Å²) in [6, 6.07) is 0.912. The standard InChI is InChI=1S/C9H6N4O3/c14-7-1-6(9(15)16)12-8(13-7)5-2-10-4-11-3-5/h1-4H,(H,15,16)(H,12,13,14). The summed E-state index contributed by atoms with van der Waals surface area (Å²) in [5.74, 6) is -1.13. The molecule has 0 radical (unpaired) electrons. The monoisotopic (exact) mass is 218 g/mol. The lowest BCUT2D eigenvalue weighted by Crippen LogP contribution is -2.13. The first-order valence-electron chi connectivity index (χ1n) is 4.27. The van der Waals surface area contributed by atoms with Crippen LogP contribution in [0.25, 0.3) is 11.4 Å². The number of aromatic carboxylic acids is 1. The first-order valence-corrected chi connectivity index (χ1v) is 4.27. The van der Waals surface area contributed by atoms with Gasteiger partial charge >= 0.3 is 5.97 Å². The molecule has 7 heteroatoms. The third kappa shape index (κ3) is 1.92. The Morgan fingerprint density at radius 3 is 2.62 bits per heavy atom. The molecule has 2 rings (SSSR count). The van der Waals surface area contributed by atoms with Crippen LogP contribution in [0.4, 0.5) is 0 Å². The molecule has 0 aliphatic carbocycles. The van der Waals surface area contributed by atoms with Gasteiger partial charge in [0.2, 0.25) is 0 Å². The minimum atomic E-state index is -1.26. The van der Waals surface area contributed by atoms with E-state index in [-0.39, 0.29) is 11.5 Å². The van der Waals surface area contributed by atoms with Crippen molar-refractivity contribution in [2.45, 2.75) is 0 Å². The van der Waals surface area contributed by atoms with Crippen molar-refractivity contribution in [3.05, 3.63) is 40.8 Å². The van der Waals surface area contributed by atoms with Crippen molar-refractivity contribution in [1.29, 1.82) is 0 Å². The molecular formula is C9H6N4O3. The Kier molecular flexibility index (Phi) is 2.42. The maximum atomic E-state index is 11.2. The summed E-state index contributed by atoms with van der Waals surface area (Å²) in [4.78, 5) is 35.5. The third-order valence-electron chi connectivity index (χ3n) is 1.79. The van der Waals surface area contributed by atoms with E-state index in [1.807, 2.05) is 0 Å². The molecule has 16 heavy (non-hydrogen) atoms. The van der Waals surface area contributed by atoms with E-state index in [1.165, 1.54) is 18.7 Å². The molecule has 0 fully saturated rings. The lowest BCUT2D eigenvalue weighted by atomic mass is 10.3. The molecule has 0 spiro atoms. The van der Waals surface area contributed by atoms with E-state index in [1.54, 1.807) is 0 Å². The van der Waals surface area contributed by atoms with E-state index in [4.69, 9.17) is 5.11 Å². The highest BCUT2D eigenvalue weighted by Gasteiger charge is 2.09. The lowest BCUT2D eigenvalue weighted by molar-refractivity contribution is 0.0690. The van der Waals surface area contributed by atoms with E-state index in [9.17, 15) is 9.59 Å². The maximum Gasteiger partial charge on any atom is 0.354 e. The van der Waals surface area contributed by atoms with Crippen molar-refractivity contribution in [3.8, 4) is 11.4 Å². The second-order valence-electron chi connectivity index (χ2n) is 2.91.